The molecule has 3 rings (SSSR count). The smallest absolute Gasteiger partial charge is 0.317 e. The molecule has 2 aliphatic rings. The molecule has 0 amide bonds. The molecule has 1 aromatic rings. The van der Waals surface area contributed by atoms with Crippen LogP contribution in [-0.2, 0) is 68.1 Å². The molecule has 0 aromatic heterocycles. The van der Waals surface area contributed by atoms with Gasteiger partial charge in [0.25, 0.3) is 5.97 Å². The molecule has 8 heteroatoms. The van der Waals surface area contributed by atoms with Crippen LogP contribution in [0.3, 0.4) is 0 Å². The summed E-state index contributed by atoms with van der Waals surface area (Å²) in [5.41, 5.74) is 1.41. The fraction of sp³-hybridized carbons (Fsp3) is 0.438. The van der Waals surface area contributed by atoms with Gasteiger partial charge in [-0.2, -0.15) is 0 Å². The number of nitrogens with zero attached hydrogens (tertiary/aromatic N) is 1. The maximum Gasteiger partial charge on any atom is 0.317 e. The molecule has 0 atom stereocenters. The van der Waals surface area contributed by atoms with E-state index in [0.29, 0.717) is 31.5 Å². The summed E-state index contributed by atoms with van der Waals surface area (Å²) in [5.74, 6) is -0.524. The van der Waals surface area contributed by atoms with E-state index in [9.17, 15) is 9.90 Å². The number of rotatable bonds is 2. The fourth-order valence-electron chi connectivity index (χ4n) is 2.98. The Morgan fingerprint density at radius 3 is 2.58 bits per heavy atom. The van der Waals surface area contributed by atoms with Crippen molar-refractivity contribution >= 4 is 19.6 Å². The Morgan fingerprint density at radius 2 is 2.00 bits per heavy atom. The van der Waals surface area contributed by atoms with Crippen LogP contribution >= 0.6 is 0 Å². The number of hydrogen-bond donors (Lipinski definition) is 1. The van der Waals surface area contributed by atoms with Crippen molar-refractivity contribution in [3.05, 3.63) is 40.6 Å². The van der Waals surface area contributed by atoms with E-state index in [1.807, 2.05) is 13.8 Å². The predicted octanol–water partition coefficient (Wildman–Crippen LogP) is 1.57. The molecule has 1 spiro atoms. The van der Waals surface area contributed by atoms with Crippen molar-refractivity contribution in [3.63, 3.8) is 0 Å². The van der Waals surface area contributed by atoms with E-state index in [4.69, 9.17) is 12.8 Å². The van der Waals surface area contributed by atoms with Crippen molar-refractivity contribution in [1.82, 2.24) is 5.06 Å². The van der Waals surface area contributed by atoms with Crippen molar-refractivity contribution in [1.29, 1.82) is 0 Å². The third-order valence-electron chi connectivity index (χ3n) is 4.30. The Balaban J connectivity index is 0.00000144. The van der Waals surface area contributed by atoms with E-state index in [-0.39, 0.29) is 65.1 Å². The Bertz CT molecular complexity index is 659. The first-order valence-corrected chi connectivity index (χ1v) is 7.17. The van der Waals surface area contributed by atoms with Gasteiger partial charge in [0.15, 0.2) is 5.60 Å². The molecule has 1 fully saturated rings. The molecular formula is C16H16BNO4WY-2. The topological polar surface area (TPSA) is 59.0 Å². The van der Waals surface area contributed by atoms with Crippen LogP contribution in [0.1, 0.15) is 29.5 Å². The van der Waals surface area contributed by atoms with Gasteiger partial charge >= 0.3 is 8.05 Å². The van der Waals surface area contributed by atoms with Gasteiger partial charge in [-0.05, 0) is 0 Å². The van der Waals surface area contributed by atoms with Gasteiger partial charge in [0.1, 0.15) is 0 Å². The van der Waals surface area contributed by atoms with Crippen LogP contribution in [0.15, 0.2) is 11.8 Å². The molecule has 1 saturated heterocycles. The molecule has 2 heterocycles. The van der Waals surface area contributed by atoms with Crippen LogP contribution in [0.25, 0.3) is 5.57 Å². The maximum atomic E-state index is 12.3. The molecular weight excluding hydrogens is 554 g/mol. The molecule has 5 nitrogen and oxygen atoms in total. The van der Waals surface area contributed by atoms with Gasteiger partial charge in [-0.1, -0.05) is 12.5 Å². The number of aryl methyl sites for hydroxylation is 2. The van der Waals surface area contributed by atoms with Crippen LogP contribution in [0.5, 0.6) is 0 Å². The summed E-state index contributed by atoms with van der Waals surface area (Å²) in [7, 11) is 5.14. The number of aliphatic hydroxyl groups excluding tert-OH is 1. The third kappa shape index (κ3) is 3.88. The monoisotopic (exact) mass is 570 g/mol. The second kappa shape index (κ2) is 8.59. The van der Waals surface area contributed by atoms with Crippen LogP contribution in [0.4, 0.5) is 0 Å². The predicted molar refractivity (Wildman–Crippen MR) is 79.6 cm³/mol. The average molecular weight is 570 g/mol. The quantitative estimate of drug-likeness (QED) is 0.333. The number of ether oxygens (including phenoxy) is 1. The molecule has 0 bridgehead atoms. The molecule has 2 aliphatic heterocycles. The van der Waals surface area contributed by atoms with Gasteiger partial charge in [0.2, 0.25) is 0 Å². The molecule has 3 radical (unpaired) electrons. The van der Waals surface area contributed by atoms with E-state index < -0.39 is 11.6 Å². The Hall–Kier alpha value is 0.00714. The summed E-state index contributed by atoms with van der Waals surface area (Å²) in [4.78, 5) is 12.3. The van der Waals surface area contributed by atoms with Crippen LogP contribution in [-0.4, -0.2) is 42.9 Å². The summed E-state index contributed by atoms with van der Waals surface area (Å²) < 4.78 is 10.2. The van der Waals surface area contributed by atoms with Crippen LogP contribution in [0, 0.1) is 26.0 Å². The molecule has 0 unspecified atom stereocenters. The van der Waals surface area contributed by atoms with Gasteiger partial charge in [-0.15, -0.1) is 6.92 Å². The largest absolute Gasteiger partial charge is 0.526 e. The zero-order valence-corrected chi connectivity index (χ0v) is 19.4. The van der Waals surface area contributed by atoms with Gasteiger partial charge in [-0.3, -0.25) is 22.5 Å². The number of carbonyl (C=O) groups excluding carboxylic acids is 1. The maximum absolute atomic E-state index is 12.3. The minimum Gasteiger partial charge on any atom is -0.526 e. The van der Waals surface area contributed by atoms with Crippen molar-refractivity contribution in [2.75, 3.05) is 13.1 Å². The SMILES string of the molecule is [B]ON1CCC2(CC1)OC(=O)C(c1[c-]c(C)[c-]cc1C)=C2O.[W].[Y]. The number of benzene rings is 1. The average Bonchev–Trinajstić information content (AvgIpc) is 2.74. The minimum atomic E-state index is -0.977. The van der Waals surface area contributed by atoms with Crippen molar-refractivity contribution in [3.8, 4) is 0 Å². The molecule has 1 N–H and O–H groups in total. The Kier molecular flexibility index (Phi) is 7.90. The molecule has 0 aliphatic carbocycles. The number of carbonyl (C=O) groups is 1. The normalized spacial score (nSPS) is 19.7. The fourth-order valence-corrected chi connectivity index (χ4v) is 2.98. The summed E-state index contributed by atoms with van der Waals surface area (Å²) >= 11 is 0. The molecule has 0 saturated carbocycles. The number of hydroxylamine groups is 2. The van der Waals surface area contributed by atoms with E-state index in [0.717, 1.165) is 11.1 Å². The minimum absolute atomic E-state index is 0. The van der Waals surface area contributed by atoms with Crippen molar-refractivity contribution in [2.24, 2.45) is 0 Å². The first-order valence-electron chi connectivity index (χ1n) is 7.17. The Labute approximate surface area is 182 Å². The molecule has 24 heavy (non-hydrogen) atoms. The van der Waals surface area contributed by atoms with Crippen LogP contribution < -0.4 is 0 Å². The summed E-state index contributed by atoms with van der Waals surface area (Å²) in [6.07, 6.45) is 0.866. The summed E-state index contributed by atoms with van der Waals surface area (Å²) in [5, 5.41) is 12.2. The third-order valence-corrected chi connectivity index (χ3v) is 4.30. The van der Waals surface area contributed by atoms with Crippen LogP contribution in [0.2, 0.25) is 0 Å². The molecule has 123 valence electrons. The number of piperidine rings is 1. The van der Waals surface area contributed by atoms with E-state index >= 15 is 0 Å². The second-order valence-corrected chi connectivity index (χ2v) is 5.74. The van der Waals surface area contributed by atoms with E-state index in [1.165, 1.54) is 0 Å². The standard InChI is InChI=1S/C16H16BNO4.W.Y/c1-10-3-4-11(2)12(9-10)13-14(19)16(21-15(13)20)5-7-18(22-17)8-6-16;;/h4,19H,5-8H2,1-2H3;;/q-2;;. The van der Waals surface area contributed by atoms with Gasteiger partial charge in [0.05, 0.1) is 5.76 Å². The zero-order chi connectivity index (χ0) is 15.9. The first kappa shape index (κ1) is 22.0. The number of esters is 1. The summed E-state index contributed by atoms with van der Waals surface area (Å²) in [6, 6.07) is 7.90. The summed E-state index contributed by atoms with van der Waals surface area (Å²) in [6.45, 7) is 4.65. The van der Waals surface area contributed by atoms with Crippen molar-refractivity contribution < 1.29 is 73.2 Å². The van der Waals surface area contributed by atoms with E-state index in [1.54, 1.807) is 11.1 Å². The first-order chi connectivity index (χ1) is 10.5. The van der Waals surface area contributed by atoms with Crippen molar-refractivity contribution in [2.45, 2.75) is 32.3 Å². The Morgan fingerprint density at radius 1 is 1.38 bits per heavy atom. The van der Waals surface area contributed by atoms with Gasteiger partial charge in [-0.25, -0.2) is 22.3 Å². The number of aliphatic hydroxyl groups is 1. The van der Waals surface area contributed by atoms with Gasteiger partial charge in [0, 0.05) is 79.7 Å². The zero-order valence-electron chi connectivity index (χ0n) is 13.6. The molecule has 1 aromatic carbocycles. The second-order valence-electron chi connectivity index (χ2n) is 5.74. The van der Waals surface area contributed by atoms with E-state index in [2.05, 4.69) is 16.9 Å². The number of hydrogen-bond acceptors (Lipinski definition) is 5. The van der Waals surface area contributed by atoms with Gasteiger partial charge < -0.3 is 14.6 Å².